The first kappa shape index (κ1) is 18.4. The van der Waals surface area contributed by atoms with Crippen LogP contribution in [0, 0.1) is 5.92 Å². The zero-order valence-corrected chi connectivity index (χ0v) is 15.1. The molecule has 1 aliphatic carbocycles. The number of nitrogens with one attached hydrogen (secondary N) is 2. The van der Waals surface area contributed by atoms with Gasteiger partial charge in [-0.05, 0) is 18.4 Å². The monoisotopic (exact) mass is 357 g/mol. The molecule has 2 aliphatic rings. The van der Waals surface area contributed by atoms with Gasteiger partial charge in [0.05, 0.1) is 12.5 Å². The van der Waals surface area contributed by atoms with Crippen molar-refractivity contribution in [1.82, 2.24) is 15.5 Å². The Bertz CT molecular complexity index is 641. The summed E-state index contributed by atoms with van der Waals surface area (Å²) in [5.74, 6) is 0.121. The van der Waals surface area contributed by atoms with Crippen molar-refractivity contribution in [1.29, 1.82) is 0 Å². The van der Waals surface area contributed by atoms with E-state index in [1.807, 2.05) is 30.3 Å². The Balaban J connectivity index is 1.59. The molecule has 1 heterocycles. The summed E-state index contributed by atoms with van der Waals surface area (Å²) in [5.41, 5.74) is 0.966. The predicted molar refractivity (Wildman–Crippen MR) is 98.1 cm³/mol. The lowest BCUT2D eigenvalue weighted by molar-refractivity contribution is -0.133. The quantitative estimate of drug-likeness (QED) is 0.843. The van der Waals surface area contributed by atoms with Crippen LogP contribution in [-0.4, -0.2) is 42.3 Å². The summed E-state index contributed by atoms with van der Waals surface area (Å²) in [4.78, 5) is 38.6. The molecule has 1 aliphatic heterocycles. The molecule has 0 radical (unpaired) electrons. The summed E-state index contributed by atoms with van der Waals surface area (Å²) in [6.45, 7) is 1.30. The third-order valence-corrected chi connectivity index (χ3v) is 5.30. The maximum absolute atomic E-state index is 12.8. The number of rotatable bonds is 5. The molecule has 6 heteroatoms. The maximum atomic E-state index is 12.8. The molecule has 3 amide bonds. The molecule has 26 heavy (non-hydrogen) atoms. The van der Waals surface area contributed by atoms with E-state index in [2.05, 4.69) is 10.6 Å². The Kier molecular flexibility index (Phi) is 6.26. The Hall–Kier alpha value is -2.37. The highest BCUT2D eigenvalue weighted by Gasteiger charge is 2.29. The van der Waals surface area contributed by atoms with Crippen LogP contribution in [0.3, 0.4) is 0 Å². The molecule has 0 spiro atoms. The summed E-state index contributed by atoms with van der Waals surface area (Å²) in [5, 5.41) is 5.74. The number of benzene rings is 1. The van der Waals surface area contributed by atoms with E-state index in [0.717, 1.165) is 31.2 Å². The highest BCUT2D eigenvalue weighted by Crippen LogP contribution is 2.26. The lowest BCUT2D eigenvalue weighted by Crippen LogP contribution is -2.39. The van der Waals surface area contributed by atoms with Gasteiger partial charge in [0.25, 0.3) is 0 Å². The predicted octanol–water partition coefficient (Wildman–Crippen LogP) is 1.77. The van der Waals surface area contributed by atoms with E-state index in [9.17, 15) is 14.4 Å². The van der Waals surface area contributed by atoms with Gasteiger partial charge in [-0.3, -0.25) is 14.4 Å². The average molecular weight is 357 g/mol. The first-order valence-corrected chi connectivity index (χ1v) is 9.54. The Morgan fingerprint density at radius 3 is 2.62 bits per heavy atom. The molecular weight excluding hydrogens is 330 g/mol. The van der Waals surface area contributed by atoms with E-state index in [-0.39, 0.29) is 42.5 Å². The number of carbonyl (C=O) groups excluding carboxylic acids is 3. The molecule has 0 unspecified atom stereocenters. The van der Waals surface area contributed by atoms with Gasteiger partial charge >= 0.3 is 0 Å². The van der Waals surface area contributed by atoms with Gasteiger partial charge in [0, 0.05) is 32.0 Å². The third kappa shape index (κ3) is 4.62. The van der Waals surface area contributed by atoms with Crippen LogP contribution in [0.2, 0.25) is 0 Å². The lowest BCUT2D eigenvalue weighted by Gasteiger charge is -2.29. The van der Waals surface area contributed by atoms with Crippen molar-refractivity contribution in [2.45, 2.75) is 44.6 Å². The average Bonchev–Trinajstić information content (AvgIpc) is 3.12. The fourth-order valence-corrected chi connectivity index (χ4v) is 3.87. The van der Waals surface area contributed by atoms with E-state index >= 15 is 0 Å². The summed E-state index contributed by atoms with van der Waals surface area (Å²) >= 11 is 0. The Labute approximate surface area is 154 Å². The molecule has 1 saturated heterocycles. The van der Waals surface area contributed by atoms with Crippen LogP contribution < -0.4 is 10.6 Å². The zero-order valence-electron chi connectivity index (χ0n) is 15.1. The Morgan fingerprint density at radius 1 is 1.15 bits per heavy atom. The van der Waals surface area contributed by atoms with E-state index in [1.165, 1.54) is 0 Å². The molecule has 1 atom stereocenters. The van der Waals surface area contributed by atoms with Gasteiger partial charge in [-0.1, -0.05) is 43.2 Å². The molecular formula is C20H27N3O3. The second-order valence-electron chi connectivity index (χ2n) is 7.09. The van der Waals surface area contributed by atoms with Crippen LogP contribution in [0.15, 0.2) is 30.3 Å². The SMILES string of the molecule is O=C1C[C@@H](c2ccccc2)N(C(=O)CCNC(=O)C2CCCC2)CCN1. The van der Waals surface area contributed by atoms with Crippen LogP contribution in [0.4, 0.5) is 0 Å². The third-order valence-electron chi connectivity index (χ3n) is 5.30. The Morgan fingerprint density at radius 2 is 1.88 bits per heavy atom. The molecule has 6 nitrogen and oxygen atoms in total. The molecule has 1 aromatic rings. The molecule has 1 saturated carbocycles. The summed E-state index contributed by atoms with van der Waals surface area (Å²) in [6.07, 6.45) is 4.67. The zero-order chi connectivity index (χ0) is 18.4. The van der Waals surface area contributed by atoms with Crippen LogP contribution in [0.25, 0.3) is 0 Å². The highest BCUT2D eigenvalue weighted by molar-refractivity contribution is 5.82. The van der Waals surface area contributed by atoms with Crippen molar-refractivity contribution >= 4 is 17.7 Å². The second-order valence-corrected chi connectivity index (χ2v) is 7.09. The largest absolute Gasteiger partial charge is 0.355 e. The fraction of sp³-hybridized carbons (Fsp3) is 0.550. The minimum atomic E-state index is -0.253. The van der Waals surface area contributed by atoms with Gasteiger partial charge < -0.3 is 15.5 Å². The van der Waals surface area contributed by atoms with Gasteiger partial charge in [0.1, 0.15) is 0 Å². The summed E-state index contributed by atoms with van der Waals surface area (Å²) in [7, 11) is 0. The molecule has 1 aromatic carbocycles. The van der Waals surface area contributed by atoms with Crippen molar-refractivity contribution in [3.8, 4) is 0 Å². The van der Waals surface area contributed by atoms with Gasteiger partial charge in [0.15, 0.2) is 0 Å². The smallest absolute Gasteiger partial charge is 0.224 e. The van der Waals surface area contributed by atoms with E-state index in [1.54, 1.807) is 4.90 Å². The number of carbonyl (C=O) groups is 3. The minimum absolute atomic E-state index is 0.0259. The first-order valence-electron chi connectivity index (χ1n) is 9.54. The molecule has 140 valence electrons. The van der Waals surface area contributed by atoms with Crippen LogP contribution >= 0.6 is 0 Å². The van der Waals surface area contributed by atoms with E-state index < -0.39 is 0 Å². The van der Waals surface area contributed by atoms with E-state index in [0.29, 0.717) is 19.6 Å². The maximum Gasteiger partial charge on any atom is 0.224 e. The van der Waals surface area contributed by atoms with Gasteiger partial charge in [-0.25, -0.2) is 0 Å². The van der Waals surface area contributed by atoms with Gasteiger partial charge in [-0.2, -0.15) is 0 Å². The summed E-state index contributed by atoms with van der Waals surface area (Å²) in [6, 6.07) is 9.41. The molecule has 0 aromatic heterocycles. The topological polar surface area (TPSA) is 78.5 Å². The van der Waals surface area contributed by atoms with Crippen LogP contribution in [0.5, 0.6) is 0 Å². The van der Waals surface area contributed by atoms with Crippen LogP contribution in [0.1, 0.15) is 50.1 Å². The standard InChI is InChI=1S/C20H27N3O3/c24-18-14-17(15-6-2-1-3-7-15)23(13-12-21-18)19(25)10-11-22-20(26)16-8-4-5-9-16/h1-3,6-7,16-17H,4-5,8-14H2,(H,21,24)(H,22,26)/t17-/m0/s1. The number of hydrogen-bond donors (Lipinski definition) is 2. The van der Waals surface area contributed by atoms with Crippen molar-refractivity contribution in [3.05, 3.63) is 35.9 Å². The van der Waals surface area contributed by atoms with Crippen molar-refractivity contribution < 1.29 is 14.4 Å². The fourth-order valence-electron chi connectivity index (χ4n) is 3.87. The minimum Gasteiger partial charge on any atom is -0.355 e. The molecule has 3 rings (SSSR count). The molecule has 2 N–H and O–H groups in total. The van der Waals surface area contributed by atoms with Gasteiger partial charge in [0.2, 0.25) is 17.7 Å². The number of hydrogen-bond acceptors (Lipinski definition) is 3. The van der Waals surface area contributed by atoms with Gasteiger partial charge in [-0.15, -0.1) is 0 Å². The lowest BCUT2D eigenvalue weighted by atomic mass is 10.0. The van der Waals surface area contributed by atoms with E-state index in [4.69, 9.17) is 0 Å². The number of amides is 3. The normalized spacial score (nSPS) is 21.2. The highest BCUT2D eigenvalue weighted by atomic mass is 16.2. The summed E-state index contributed by atoms with van der Waals surface area (Å²) < 4.78 is 0. The van der Waals surface area contributed by atoms with Crippen molar-refractivity contribution in [3.63, 3.8) is 0 Å². The van der Waals surface area contributed by atoms with Crippen molar-refractivity contribution in [2.75, 3.05) is 19.6 Å². The molecule has 2 fully saturated rings. The molecule has 0 bridgehead atoms. The van der Waals surface area contributed by atoms with Crippen LogP contribution in [-0.2, 0) is 14.4 Å². The van der Waals surface area contributed by atoms with Crippen molar-refractivity contribution in [2.24, 2.45) is 5.92 Å². The number of nitrogens with zero attached hydrogens (tertiary/aromatic N) is 1. The first-order chi connectivity index (χ1) is 12.6. The second kappa shape index (κ2) is 8.83.